The zero-order valence-corrected chi connectivity index (χ0v) is 14.0. The van der Waals surface area contributed by atoms with Crippen molar-refractivity contribution in [2.75, 3.05) is 11.5 Å². The van der Waals surface area contributed by atoms with Gasteiger partial charge in [-0.15, -0.1) is 0 Å². The van der Waals surface area contributed by atoms with Crippen molar-refractivity contribution in [1.29, 1.82) is 0 Å². The van der Waals surface area contributed by atoms with Crippen LogP contribution in [0.5, 0.6) is 0 Å². The lowest BCUT2D eigenvalue weighted by Gasteiger charge is -2.10. The van der Waals surface area contributed by atoms with E-state index in [4.69, 9.17) is 29.0 Å². The third-order valence-corrected chi connectivity index (χ3v) is 3.38. The van der Waals surface area contributed by atoms with Crippen LogP contribution in [0.25, 0.3) is 11.1 Å². The van der Waals surface area contributed by atoms with Gasteiger partial charge in [-0.1, -0.05) is 26.0 Å². The molecule has 2 rings (SSSR count). The predicted molar refractivity (Wildman–Crippen MR) is 93.6 cm³/mol. The molecular formula is C16H22N2O4S. The second-order valence-corrected chi connectivity index (χ2v) is 5.88. The molecule has 0 fully saturated rings. The fourth-order valence-corrected chi connectivity index (χ4v) is 2.18. The van der Waals surface area contributed by atoms with Crippen molar-refractivity contribution in [3.05, 3.63) is 47.5 Å². The summed E-state index contributed by atoms with van der Waals surface area (Å²) >= 11 is 0. The highest BCUT2D eigenvalue weighted by Gasteiger charge is 2.04. The number of hydrogen-bond acceptors (Lipinski definition) is 4. The topological polar surface area (TPSA) is 127 Å². The zero-order chi connectivity index (χ0) is 17.6. The van der Waals surface area contributed by atoms with Gasteiger partial charge in [-0.2, -0.15) is 8.42 Å². The van der Waals surface area contributed by atoms with Crippen LogP contribution < -0.4 is 11.5 Å². The largest absolute Gasteiger partial charge is 0.399 e. The van der Waals surface area contributed by atoms with Crippen LogP contribution in [0.3, 0.4) is 0 Å². The Kier molecular flexibility index (Phi) is 6.56. The highest BCUT2D eigenvalue weighted by molar-refractivity contribution is 7.79. The third-order valence-electron chi connectivity index (χ3n) is 3.38. The van der Waals surface area contributed by atoms with E-state index in [1.54, 1.807) is 0 Å². The molecule has 0 amide bonds. The molecule has 0 atom stereocenters. The molecule has 23 heavy (non-hydrogen) atoms. The molecule has 0 aliphatic rings. The van der Waals surface area contributed by atoms with Crippen molar-refractivity contribution in [2.45, 2.75) is 26.7 Å². The number of rotatable bonds is 3. The Balaban J connectivity index is 0.000000463. The van der Waals surface area contributed by atoms with Gasteiger partial charge < -0.3 is 11.5 Å². The zero-order valence-electron chi connectivity index (χ0n) is 13.2. The predicted octanol–water partition coefficient (Wildman–Crippen LogP) is 2.99. The standard InChI is InChI=1S/C16H20N2.H2O4S/c1-3-11-9-13(5-7-15(11)17)14-6-8-16(18)12(4-2)10-14;1-5(2,3)4/h5-10H,3-4,17-18H2,1-2H3;(H2,1,2,3,4). The van der Waals surface area contributed by atoms with E-state index in [9.17, 15) is 0 Å². The fourth-order valence-electron chi connectivity index (χ4n) is 2.18. The maximum Gasteiger partial charge on any atom is 0.394 e. The Hall–Kier alpha value is -2.09. The van der Waals surface area contributed by atoms with Gasteiger partial charge in [0.15, 0.2) is 0 Å². The first-order valence-electron chi connectivity index (χ1n) is 7.12. The smallest absolute Gasteiger partial charge is 0.394 e. The van der Waals surface area contributed by atoms with Gasteiger partial charge in [0, 0.05) is 11.4 Å². The maximum atomic E-state index is 8.74. The molecule has 2 aromatic carbocycles. The first-order valence-corrected chi connectivity index (χ1v) is 8.52. The van der Waals surface area contributed by atoms with Crippen molar-refractivity contribution in [2.24, 2.45) is 0 Å². The SMILES string of the molecule is CCc1cc(-c2ccc(N)c(CC)c2)ccc1N.O=S(=O)(O)O. The van der Waals surface area contributed by atoms with Gasteiger partial charge in [0.05, 0.1) is 0 Å². The molecule has 6 nitrogen and oxygen atoms in total. The van der Waals surface area contributed by atoms with Gasteiger partial charge >= 0.3 is 10.4 Å². The monoisotopic (exact) mass is 338 g/mol. The van der Waals surface area contributed by atoms with E-state index in [1.807, 2.05) is 12.1 Å². The van der Waals surface area contributed by atoms with Crippen LogP contribution >= 0.6 is 0 Å². The summed E-state index contributed by atoms with van der Waals surface area (Å²) in [4.78, 5) is 0. The van der Waals surface area contributed by atoms with Crippen molar-refractivity contribution < 1.29 is 17.5 Å². The van der Waals surface area contributed by atoms with Crippen molar-refractivity contribution in [3.8, 4) is 11.1 Å². The van der Waals surface area contributed by atoms with E-state index in [0.29, 0.717) is 0 Å². The van der Waals surface area contributed by atoms with Crippen LogP contribution in [0.4, 0.5) is 11.4 Å². The molecule has 126 valence electrons. The van der Waals surface area contributed by atoms with Crippen LogP contribution in [0.2, 0.25) is 0 Å². The molecule has 0 bridgehead atoms. The molecule has 0 heterocycles. The molecule has 0 saturated carbocycles. The van der Waals surface area contributed by atoms with Crippen molar-refractivity contribution in [3.63, 3.8) is 0 Å². The van der Waals surface area contributed by atoms with E-state index in [2.05, 4.69) is 38.1 Å². The molecule has 0 aliphatic carbocycles. The summed E-state index contributed by atoms with van der Waals surface area (Å²) in [5, 5.41) is 0. The molecule has 0 saturated heterocycles. The third kappa shape index (κ3) is 6.27. The van der Waals surface area contributed by atoms with Crippen LogP contribution in [0, 0.1) is 0 Å². The Labute approximate surface area is 136 Å². The Morgan fingerprint density at radius 2 is 1.13 bits per heavy atom. The summed E-state index contributed by atoms with van der Waals surface area (Å²) in [6.45, 7) is 4.24. The summed E-state index contributed by atoms with van der Waals surface area (Å²) < 4.78 is 31.6. The van der Waals surface area contributed by atoms with E-state index < -0.39 is 10.4 Å². The van der Waals surface area contributed by atoms with Gasteiger partial charge in [-0.25, -0.2) is 0 Å². The molecule has 2 aromatic rings. The number of nitrogen functional groups attached to an aromatic ring is 2. The van der Waals surface area contributed by atoms with E-state index in [1.165, 1.54) is 22.3 Å². The van der Waals surface area contributed by atoms with E-state index >= 15 is 0 Å². The Morgan fingerprint density at radius 1 is 0.826 bits per heavy atom. The molecular weight excluding hydrogens is 316 g/mol. The van der Waals surface area contributed by atoms with E-state index in [-0.39, 0.29) is 0 Å². The molecule has 0 radical (unpaired) electrons. The van der Waals surface area contributed by atoms with Gasteiger partial charge in [0.25, 0.3) is 0 Å². The van der Waals surface area contributed by atoms with Crippen molar-refractivity contribution in [1.82, 2.24) is 0 Å². The minimum absolute atomic E-state index is 0.868. The minimum atomic E-state index is -4.67. The number of nitrogens with two attached hydrogens (primary N) is 2. The molecule has 0 unspecified atom stereocenters. The van der Waals surface area contributed by atoms with Gasteiger partial charge in [0.1, 0.15) is 0 Å². The number of aryl methyl sites for hydroxylation is 2. The highest BCUT2D eigenvalue weighted by Crippen LogP contribution is 2.27. The van der Waals surface area contributed by atoms with E-state index in [0.717, 1.165) is 24.2 Å². The average molecular weight is 338 g/mol. The van der Waals surface area contributed by atoms with Gasteiger partial charge in [-0.05, 0) is 59.4 Å². The first-order chi connectivity index (χ1) is 10.7. The van der Waals surface area contributed by atoms with Crippen LogP contribution in [-0.4, -0.2) is 17.5 Å². The number of benzene rings is 2. The molecule has 0 spiro atoms. The second kappa shape index (κ2) is 7.96. The fraction of sp³-hybridized carbons (Fsp3) is 0.250. The lowest BCUT2D eigenvalue weighted by Crippen LogP contribution is -1.95. The number of anilines is 2. The second-order valence-electron chi connectivity index (χ2n) is 4.98. The summed E-state index contributed by atoms with van der Waals surface area (Å²) in [5.41, 5.74) is 18.4. The summed E-state index contributed by atoms with van der Waals surface area (Å²) in [5.74, 6) is 0. The quantitative estimate of drug-likeness (QED) is 0.503. The minimum Gasteiger partial charge on any atom is -0.399 e. The molecule has 0 aromatic heterocycles. The lowest BCUT2D eigenvalue weighted by atomic mass is 9.98. The average Bonchev–Trinajstić information content (AvgIpc) is 2.46. The van der Waals surface area contributed by atoms with Gasteiger partial charge in [-0.3, -0.25) is 9.11 Å². The van der Waals surface area contributed by atoms with Crippen LogP contribution in [-0.2, 0) is 23.2 Å². The molecule has 0 aliphatic heterocycles. The normalized spacial score (nSPS) is 10.8. The number of hydrogen-bond donors (Lipinski definition) is 4. The highest BCUT2D eigenvalue weighted by atomic mass is 32.3. The summed E-state index contributed by atoms with van der Waals surface area (Å²) in [6, 6.07) is 12.4. The summed E-state index contributed by atoms with van der Waals surface area (Å²) in [7, 11) is -4.67. The maximum absolute atomic E-state index is 8.74. The molecule has 6 N–H and O–H groups in total. The van der Waals surface area contributed by atoms with Crippen LogP contribution in [0.15, 0.2) is 36.4 Å². The van der Waals surface area contributed by atoms with Gasteiger partial charge in [0.2, 0.25) is 0 Å². The summed E-state index contributed by atoms with van der Waals surface area (Å²) in [6.07, 6.45) is 1.91. The Morgan fingerprint density at radius 3 is 1.39 bits per heavy atom. The molecule has 7 heteroatoms. The first kappa shape index (κ1) is 19.0. The van der Waals surface area contributed by atoms with Crippen LogP contribution in [0.1, 0.15) is 25.0 Å². The van der Waals surface area contributed by atoms with Crippen molar-refractivity contribution >= 4 is 21.8 Å². The lowest BCUT2D eigenvalue weighted by molar-refractivity contribution is 0.381. The Bertz CT molecular complexity index is 714.